The first-order valence-electron chi connectivity index (χ1n) is 8.17. The van der Waals surface area contributed by atoms with Gasteiger partial charge in [-0.1, -0.05) is 5.16 Å². The van der Waals surface area contributed by atoms with E-state index in [1.807, 2.05) is 19.9 Å². The highest BCUT2D eigenvalue weighted by Gasteiger charge is 2.43. The minimum absolute atomic E-state index is 0.0758. The zero-order valence-corrected chi connectivity index (χ0v) is 15.5. The van der Waals surface area contributed by atoms with E-state index in [-0.39, 0.29) is 12.2 Å². The first-order chi connectivity index (χ1) is 12.1. The number of alkyl halides is 1. The van der Waals surface area contributed by atoms with E-state index in [2.05, 4.69) is 15.0 Å². The Kier molecular flexibility index (Phi) is 4.39. The molecule has 0 amide bonds. The van der Waals surface area contributed by atoms with Gasteiger partial charge in [0.15, 0.2) is 12.4 Å². The van der Waals surface area contributed by atoms with Crippen molar-refractivity contribution >= 4 is 34.9 Å². The number of thiazole rings is 1. The molecule has 1 aromatic heterocycles. The zero-order valence-electron chi connectivity index (χ0n) is 13.9. The molecule has 3 heterocycles. The molecule has 0 saturated carbocycles. The van der Waals surface area contributed by atoms with Crippen molar-refractivity contribution in [2.75, 3.05) is 13.1 Å². The molecular weight excluding hydrogens is 362 g/mol. The van der Waals surface area contributed by atoms with Crippen molar-refractivity contribution in [3.8, 4) is 0 Å². The topological polar surface area (TPSA) is 64.0 Å². The normalized spacial score (nSPS) is 32.0. The van der Waals surface area contributed by atoms with E-state index in [9.17, 15) is 4.79 Å². The number of oxime groups is 1. The number of carbonyl (C=O) groups excluding carboxylic acids is 1. The Balaban J connectivity index is 1.73. The van der Waals surface area contributed by atoms with Crippen LogP contribution in [0.4, 0.5) is 0 Å². The summed E-state index contributed by atoms with van der Waals surface area (Å²) in [6.07, 6.45) is 4.21. The number of fused-ring (bicyclic) bond motifs is 1. The number of nitrogens with zero attached hydrogens (tertiary/aromatic N) is 3. The van der Waals surface area contributed by atoms with Crippen LogP contribution in [-0.4, -0.2) is 58.7 Å². The van der Waals surface area contributed by atoms with Gasteiger partial charge in [-0.3, -0.25) is 9.78 Å². The van der Waals surface area contributed by atoms with Crippen LogP contribution < -0.4 is 0 Å². The Labute approximate surface area is 154 Å². The van der Waals surface area contributed by atoms with Gasteiger partial charge in [0.25, 0.3) is 0 Å². The van der Waals surface area contributed by atoms with Crippen LogP contribution in [0, 0.1) is 0 Å². The summed E-state index contributed by atoms with van der Waals surface area (Å²) in [7, 11) is 0. The summed E-state index contributed by atoms with van der Waals surface area (Å²) in [5.74, 6) is 0. The van der Waals surface area contributed by atoms with Gasteiger partial charge in [-0.05, 0) is 19.9 Å². The van der Waals surface area contributed by atoms with Crippen molar-refractivity contribution in [3.05, 3.63) is 39.5 Å². The van der Waals surface area contributed by atoms with E-state index < -0.39 is 11.5 Å². The van der Waals surface area contributed by atoms with Gasteiger partial charge in [0.1, 0.15) is 11.1 Å². The molecule has 8 heteroatoms. The van der Waals surface area contributed by atoms with Crippen molar-refractivity contribution in [3.63, 3.8) is 0 Å². The molecule has 0 aromatic carbocycles. The van der Waals surface area contributed by atoms with E-state index in [0.29, 0.717) is 24.4 Å². The Bertz CT molecular complexity index is 764. The maximum Gasteiger partial charge on any atom is 0.176 e. The van der Waals surface area contributed by atoms with E-state index in [1.54, 1.807) is 11.7 Å². The molecule has 4 unspecified atom stereocenters. The average molecular weight is 380 g/mol. The van der Waals surface area contributed by atoms with Gasteiger partial charge < -0.3 is 14.5 Å². The lowest BCUT2D eigenvalue weighted by Crippen LogP contribution is -2.49. The SMILES string of the molecule is CC1CN(C2=C(C=O)C=C3C(c4cncs4)=NOC3C2Cl)CC(C)O1. The van der Waals surface area contributed by atoms with Crippen LogP contribution in [0.1, 0.15) is 18.7 Å². The third-order valence-corrected chi connectivity index (χ3v) is 5.74. The maximum absolute atomic E-state index is 11.8. The quantitative estimate of drug-likeness (QED) is 0.596. The van der Waals surface area contributed by atoms with Crippen LogP contribution >= 0.6 is 22.9 Å². The van der Waals surface area contributed by atoms with Crippen molar-refractivity contribution in [2.45, 2.75) is 37.5 Å². The monoisotopic (exact) mass is 379 g/mol. The minimum Gasteiger partial charge on any atom is -0.385 e. The number of carbonyl (C=O) groups is 1. The lowest BCUT2D eigenvalue weighted by atomic mass is 9.90. The fourth-order valence-electron chi connectivity index (χ4n) is 3.61. The number of ether oxygens (including phenoxy) is 1. The largest absolute Gasteiger partial charge is 0.385 e. The first-order valence-corrected chi connectivity index (χ1v) is 9.48. The molecule has 2 aliphatic heterocycles. The first kappa shape index (κ1) is 16.8. The summed E-state index contributed by atoms with van der Waals surface area (Å²) in [5, 5.41) is 3.72. The molecule has 1 aromatic rings. The molecule has 132 valence electrons. The highest BCUT2D eigenvalue weighted by atomic mass is 35.5. The summed E-state index contributed by atoms with van der Waals surface area (Å²) in [4.78, 5) is 24.6. The highest BCUT2D eigenvalue weighted by Crippen LogP contribution is 2.38. The predicted molar refractivity (Wildman–Crippen MR) is 95.9 cm³/mol. The van der Waals surface area contributed by atoms with Gasteiger partial charge in [0, 0.05) is 36.1 Å². The maximum atomic E-state index is 11.8. The van der Waals surface area contributed by atoms with Crippen molar-refractivity contribution in [1.82, 2.24) is 9.88 Å². The van der Waals surface area contributed by atoms with E-state index in [4.69, 9.17) is 21.2 Å². The van der Waals surface area contributed by atoms with Gasteiger partial charge in [-0.2, -0.15) is 0 Å². The second-order valence-electron chi connectivity index (χ2n) is 6.45. The number of aldehydes is 1. The molecule has 0 N–H and O–H groups in total. The van der Waals surface area contributed by atoms with Crippen LogP contribution in [-0.2, 0) is 14.4 Å². The Morgan fingerprint density at radius 3 is 2.76 bits per heavy atom. The molecule has 4 atom stereocenters. The second kappa shape index (κ2) is 6.55. The van der Waals surface area contributed by atoms with Crippen LogP contribution in [0.25, 0.3) is 0 Å². The average Bonchev–Trinajstić information content (AvgIpc) is 3.22. The molecule has 1 fully saturated rings. The number of hydrogen-bond donors (Lipinski definition) is 0. The molecule has 4 rings (SSSR count). The summed E-state index contributed by atoms with van der Waals surface area (Å²) in [5.41, 5.74) is 4.67. The molecular formula is C17H18ClN3O3S. The summed E-state index contributed by atoms with van der Waals surface area (Å²) in [6.45, 7) is 5.43. The van der Waals surface area contributed by atoms with Crippen LogP contribution in [0.3, 0.4) is 0 Å². The number of aromatic nitrogens is 1. The van der Waals surface area contributed by atoms with E-state index in [1.165, 1.54) is 11.3 Å². The smallest absolute Gasteiger partial charge is 0.176 e. The number of halogens is 1. The fourth-order valence-corrected chi connectivity index (χ4v) is 4.67. The molecule has 6 nitrogen and oxygen atoms in total. The summed E-state index contributed by atoms with van der Waals surface area (Å²) < 4.78 is 5.79. The molecule has 1 saturated heterocycles. The molecule has 0 bridgehead atoms. The number of morpholine rings is 1. The highest BCUT2D eigenvalue weighted by molar-refractivity contribution is 7.12. The second-order valence-corrected chi connectivity index (χ2v) is 7.81. The van der Waals surface area contributed by atoms with Gasteiger partial charge in [-0.15, -0.1) is 22.9 Å². The number of allylic oxidation sites excluding steroid dienone is 2. The Morgan fingerprint density at radius 2 is 2.12 bits per heavy atom. The molecule has 25 heavy (non-hydrogen) atoms. The molecule has 3 aliphatic rings. The van der Waals surface area contributed by atoms with Gasteiger partial charge in [0.05, 0.1) is 22.6 Å². The third-order valence-electron chi connectivity index (χ3n) is 4.52. The molecule has 0 radical (unpaired) electrons. The Hall–Kier alpha value is -1.70. The standard InChI is InChI=1S/C17H18ClN3O3S/c1-9-5-21(6-10(2)23-9)16-11(7-22)3-12-15(13-4-19-8-25-13)20-24-17(12)14(16)18/h3-4,7-10,14,17H,5-6H2,1-2H3. The summed E-state index contributed by atoms with van der Waals surface area (Å²) >= 11 is 8.24. The fraction of sp³-hybridized carbons (Fsp3) is 0.471. The minimum atomic E-state index is -0.480. The molecule has 1 aliphatic carbocycles. The van der Waals surface area contributed by atoms with E-state index >= 15 is 0 Å². The van der Waals surface area contributed by atoms with Crippen molar-refractivity contribution in [1.29, 1.82) is 0 Å². The van der Waals surface area contributed by atoms with E-state index in [0.717, 1.165) is 22.4 Å². The summed E-state index contributed by atoms with van der Waals surface area (Å²) in [6, 6.07) is 0. The Morgan fingerprint density at radius 1 is 1.36 bits per heavy atom. The lowest BCUT2D eigenvalue weighted by molar-refractivity contribution is -0.105. The zero-order chi connectivity index (χ0) is 17.6. The number of rotatable bonds is 3. The van der Waals surface area contributed by atoms with Crippen LogP contribution in [0.15, 0.2) is 39.8 Å². The third kappa shape index (κ3) is 2.90. The lowest BCUT2D eigenvalue weighted by Gasteiger charge is -2.41. The van der Waals surface area contributed by atoms with Gasteiger partial charge in [0.2, 0.25) is 0 Å². The van der Waals surface area contributed by atoms with Crippen molar-refractivity contribution in [2.24, 2.45) is 5.16 Å². The van der Waals surface area contributed by atoms with Crippen molar-refractivity contribution < 1.29 is 14.4 Å². The van der Waals surface area contributed by atoms with Gasteiger partial charge >= 0.3 is 0 Å². The molecule has 0 spiro atoms. The van der Waals surface area contributed by atoms with Crippen LogP contribution in [0.2, 0.25) is 0 Å². The van der Waals surface area contributed by atoms with Crippen LogP contribution in [0.5, 0.6) is 0 Å². The predicted octanol–water partition coefficient (Wildman–Crippen LogP) is 2.36. The van der Waals surface area contributed by atoms with Gasteiger partial charge in [-0.25, -0.2) is 0 Å². The number of hydrogen-bond acceptors (Lipinski definition) is 7.